The maximum atomic E-state index is 13.5. The van der Waals surface area contributed by atoms with Crippen molar-refractivity contribution in [3.63, 3.8) is 0 Å². The van der Waals surface area contributed by atoms with Gasteiger partial charge in [0.15, 0.2) is 5.69 Å². The van der Waals surface area contributed by atoms with Gasteiger partial charge in [-0.3, -0.25) is 24.1 Å². The molecule has 2 aromatic heterocycles. The van der Waals surface area contributed by atoms with Crippen LogP contribution in [0.25, 0.3) is 0 Å². The van der Waals surface area contributed by atoms with Crippen molar-refractivity contribution in [1.29, 1.82) is 0 Å². The summed E-state index contributed by atoms with van der Waals surface area (Å²) in [6.07, 6.45) is 2.10. The molecule has 264 valence electrons. The number of thiazole rings is 1. The number of hydrogen-bond acceptors (Lipinski definition) is 10. The Labute approximate surface area is 291 Å². The van der Waals surface area contributed by atoms with Gasteiger partial charge in [0, 0.05) is 57.4 Å². The van der Waals surface area contributed by atoms with E-state index in [9.17, 15) is 19.2 Å². The summed E-state index contributed by atoms with van der Waals surface area (Å²) in [7, 11) is 0. The lowest BCUT2D eigenvalue weighted by atomic mass is 10.0. The average molecular weight is 694 g/mol. The first-order chi connectivity index (χ1) is 23.7. The SMILES string of the molecule is Cc1oc2nc1C(=O)N[C@@H](C(C)C)c1nc(cs1)C(=O)NCCN(C(=O)CCCN1CCOCC1)CCCC(=O)N[C@H]2Cc1ccccc1. The molecule has 2 aliphatic heterocycles. The molecule has 49 heavy (non-hydrogen) atoms. The minimum atomic E-state index is -0.615. The molecular formula is C35H47N7O6S. The van der Waals surface area contributed by atoms with Gasteiger partial charge in [-0.2, -0.15) is 0 Å². The molecule has 4 heterocycles. The Morgan fingerprint density at radius 2 is 1.80 bits per heavy atom. The largest absolute Gasteiger partial charge is 0.443 e. The molecule has 3 aromatic rings. The van der Waals surface area contributed by atoms with Gasteiger partial charge in [-0.15, -0.1) is 11.3 Å². The van der Waals surface area contributed by atoms with Gasteiger partial charge < -0.3 is 30.0 Å². The molecule has 3 N–H and O–H groups in total. The lowest BCUT2D eigenvalue weighted by Gasteiger charge is -2.27. The smallest absolute Gasteiger partial charge is 0.274 e. The minimum absolute atomic E-state index is 0.0127. The number of carbonyl (C=O) groups excluding carboxylic acids is 4. The predicted octanol–water partition coefficient (Wildman–Crippen LogP) is 3.43. The van der Waals surface area contributed by atoms with E-state index in [1.165, 1.54) is 11.3 Å². The number of rotatable bonds is 7. The Balaban J connectivity index is 1.36. The van der Waals surface area contributed by atoms with E-state index in [1.807, 2.05) is 44.2 Å². The lowest BCUT2D eigenvalue weighted by Crippen LogP contribution is -2.40. The second-order valence-electron chi connectivity index (χ2n) is 12.8. The van der Waals surface area contributed by atoms with Crippen LogP contribution in [0, 0.1) is 12.8 Å². The number of nitrogens with one attached hydrogen (secondary N) is 3. The van der Waals surface area contributed by atoms with Crippen molar-refractivity contribution >= 4 is 35.0 Å². The van der Waals surface area contributed by atoms with Crippen molar-refractivity contribution in [1.82, 2.24) is 35.7 Å². The summed E-state index contributed by atoms with van der Waals surface area (Å²) in [6.45, 7) is 10.5. The molecule has 1 aromatic carbocycles. The molecular weight excluding hydrogens is 646 g/mol. The number of aryl methyl sites for hydroxylation is 1. The molecule has 4 amide bonds. The maximum Gasteiger partial charge on any atom is 0.274 e. The average Bonchev–Trinajstić information content (AvgIpc) is 3.74. The van der Waals surface area contributed by atoms with Crippen LogP contribution in [-0.2, 0) is 20.7 Å². The Morgan fingerprint density at radius 3 is 2.55 bits per heavy atom. The number of fused-ring (bicyclic) bond motifs is 4. The number of amides is 4. The number of morpholine rings is 1. The summed E-state index contributed by atoms with van der Waals surface area (Å²) in [5.74, 6) is -0.489. The van der Waals surface area contributed by atoms with Crippen LogP contribution in [0.15, 0.2) is 40.1 Å². The van der Waals surface area contributed by atoms with Gasteiger partial charge in [-0.05, 0) is 37.8 Å². The van der Waals surface area contributed by atoms with Crippen molar-refractivity contribution < 1.29 is 28.3 Å². The molecule has 14 heteroatoms. The van der Waals surface area contributed by atoms with Gasteiger partial charge in [-0.25, -0.2) is 9.97 Å². The second-order valence-corrected chi connectivity index (χ2v) is 13.7. The number of ether oxygens (including phenoxy) is 1. The molecule has 1 fully saturated rings. The van der Waals surface area contributed by atoms with E-state index in [2.05, 4.69) is 30.8 Å². The highest BCUT2D eigenvalue weighted by molar-refractivity contribution is 7.09. The lowest BCUT2D eigenvalue weighted by molar-refractivity contribution is -0.132. The highest BCUT2D eigenvalue weighted by Crippen LogP contribution is 2.27. The third-order valence-electron chi connectivity index (χ3n) is 8.74. The topological polar surface area (TPSA) is 159 Å². The fraction of sp³-hybridized carbons (Fsp3) is 0.543. The molecule has 0 spiro atoms. The van der Waals surface area contributed by atoms with E-state index in [0.717, 1.165) is 31.6 Å². The zero-order chi connectivity index (χ0) is 34.8. The zero-order valence-corrected chi connectivity index (χ0v) is 29.4. The van der Waals surface area contributed by atoms with Crippen molar-refractivity contribution in [2.75, 3.05) is 52.5 Å². The van der Waals surface area contributed by atoms with E-state index in [4.69, 9.17) is 9.15 Å². The summed E-state index contributed by atoms with van der Waals surface area (Å²) in [4.78, 5) is 66.5. The van der Waals surface area contributed by atoms with E-state index in [0.29, 0.717) is 56.3 Å². The number of benzene rings is 1. The van der Waals surface area contributed by atoms with Crippen LogP contribution in [0.3, 0.4) is 0 Å². The van der Waals surface area contributed by atoms with Crippen LogP contribution < -0.4 is 16.0 Å². The minimum Gasteiger partial charge on any atom is -0.443 e. The number of carbonyl (C=O) groups is 4. The third kappa shape index (κ3) is 10.2. The van der Waals surface area contributed by atoms with Crippen LogP contribution >= 0.6 is 11.3 Å². The van der Waals surface area contributed by atoms with Crippen LogP contribution in [0.1, 0.15) is 94.8 Å². The summed E-state index contributed by atoms with van der Waals surface area (Å²) < 4.78 is 11.4. The van der Waals surface area contributed by atoms with Crippen LogP contribution in [0.4, 0.5) is 0 Å². The highest BCUT2D eigenvalue weighted by Gasteiger charge is 2.29. The molecule has 0 saturated carbocycles. The molecule has 0 aliphatic carbocycles. The Bertz CT molecular complexity index is 1570. The molecule has 2 atom stereocenters. The Kier molecular flexibility index (Phi) is 12.9. The first kappa shape index (κ1) is 36.1. The summed E-state index contributed by atoms with van der Waals surface area (Å²) in [5.41, 5.74) is 1.34. The van der Waals surface area contributed by atoms with Crippen LogP contribution in [0.5, 0.6) is 0 Å². The standard InChI is InChI=1S/C35H47N7O6S/c1-23(2)30-35-38-27(22-49-35)32(45)36-13-16-42(29(44)12-8-14-41-17-19-47-20-18-41)15-7-11-28(43)37-26(21-25-9-5-4-6-10-25)34-40-31(24(3)48-34)33(46)39-30/h4-6,9-10,22-23,26,30H,7-8,11-21H2,1-3H3,(H,36,45)(H,37,43)(H,39,46)/t26-,30-/m0/s1. The number of aromatic nitrogens is 2. The fourth-order valence-corrected chi connectivity index (χ4v) is 7.00. The zero-order valence-electron chi connectivity index (χ0n) is 28.5. The van der Waals surface area contributed by atoms with Gasteiger partial charge in [0.2, 0.25) is 17.7 Å². The summed E-state index contributed by atoms with van der Waals surface area (Å²) >= 11 is 1.30. The maximum absolute atomic E-state index is 13.5. The Hall–Kier alpha value is -4.14. The van der Waals surface area contributed by atoms with Gasteiger partial charge in [0.05, 0.1) is 19.3 Å². The van der Waals surface area contributed by atoms with Crippen molar-refractivity contribution in [3.05, 3.63) is 69.3 Å². The molecule has 2 aliphatic rings. The Morgan fingerprint density at radius 1 is 1.02 bits per heavy atom. The monoisotopic (exact) mass is 693 g/mol. The first-order valence-electron chi connectivity index (χ1n) is 17.1. The van der Waals surface area contributed by atoms with Gasteiger partial charge in [0.25, 0.3) is 11.8 Å². The molecule has 5 rings (SSSR count). The van der Waals surface area contributed by atoms with Crippen molar-refractivity contribution in [2.24, 2.45) is 5.92 Å². The van der Waals surface area contributed by atoms with Crippen molar-refractivity contribution in [2.45, 2.75) is 65.0 Å². The first-order valence-corrected chi connectivity index (χ1v) is 18.0. The molecule has 4 bridgehead atoms. The van der Waals surface area contributed by atoms with E-state index in [-0.39, 0.29) is 53.9 Å². The van der Waals surface area contributed by atoms with E-state index < -0.39 is 18.0 Å². The number of oxazole rings is 1. The van der Waals surface area contributed by atoms with E-state index in [1.54, 1.807) is 17.2 Å². The third-order valence-corrected chi connectivity index (χ3v) is 9.67. The highest BCUT2D eigenvalue weighted by atomic mass is 32.1. The predicted molar refractivity (Wildman–Crippen MR) is 184 cm³/mol. The van der Waals surface area contributed by atoms with Gasteiger partial charge >= 0.3 is 0 Å². The van der Waals surface area contributed by atoms with Gasteiger partial charge in [0.1, 0.15) is 22.5 Å². The second kappa shape index (κ2) is 17.5. The van der Waals surface area contributed by atoms with Gasteiger partial charge in [-0.1, -0.05) is 44.2 Å². The van der Waals surface area contributed by atoms with Crippen LogP contribution in [-0.4, -0.2) is 95.9 Å². The molecule has 13 nitrogen and oxygen atoms in total. The molecule has 1 saturated heterocycles. The number of nitrogens with zero attached hydrogens (tertiary/aromatic N) is 4. The summed E-state index contributed by atoms with van der Waals surface area (Å²) in [6, 6.07) is 8.60. The molecule has 0 radical (unpaired) electrons. The van der Waals surface area contributed by atoms with E-state index >= 15 is 0 Å². The number of hydrogen-bond donors (Lipinski definition) is 3. The quantitative estimate of drug-likeness (QED) is 0.337. The molecule has 0 unspecified atom stereocenters. The van der Waals surface area contributed by atoms with Crippen molar-refractivity contribution in [3.8, 4) is 0 Å². The van der Waals surface area contributed by atoms with Crippen LogP contribution in [0.2, 0.25) is 0 Å². The fourth-order valence-electron chi connectivity index (χ4n) is 5.97. The normalized spacial score (nSPS) is 20.4. The summed E-state index contributed by atoms with van der Waals surface area (Å²) in [5, 5.41) is 11.2.